The van der Waals surface area contributed by atoms with E-state index in [0.29, 0.717) is 6.61 Å². The van der Waals surface area contributed by atoms with Crippen molar-refractivity contribution in [3.63, 3.8) is 0 Å². The lowest BCUT2D eigenvalue weighted by Gasteiger charge is -2.26. The van der Waals surface area contributed by atoms with Crippen molar-refractivity contribution in [2.45, 2.75) is 26.3 Å². The SMILES string of the molecule is CCOC(=O)C(C)(COc1cccc(C)c1)NC. The summed E-state index contributed by atoms with van der Waals surface area (Å²) in [4.78, 5) is 11.8. The highest BCUT2D eigenvalue weighted by atomic mass is 16.5. The van der Waals surface area contributed by atoms with Crippen molar-refractivity contribution < 1.29 is 14.3 Å². The first-order valence-electron chi connectivity index (χ1n) is 6.07. The highest BCUT2D eigenvalue weighted by Crippen LogP contribution is 2.15. The first kappa shape index (κ1) is 14.5. The molecule has 0 bridgehead atoms. The fourth-order valence-corrected chi connectivity index (χ4v) is 1.46. The number of esters is 1. The lowest BCUT2D eigenvalue weighted by atomic mass is 10.1. The molecule has 4 heteroatoms. The summed E-state index contributed by atoms with van der Waals surface area (Å²) in [7, 11) is 1.72. The summed E-state index contributed by atoms with van der Waals surface area (Å²) in [5.41, 5.74) is 0.287. The molecule has 4 nitrogen and oxygen atoms in total. The zero-order chi connectivity index (χ0) is 13.6. The average molecular weight is 251 g/mol. The molecular weight excluding hydrogens is 230 g/mol. The third kappa shape index (κ3) is 3.74. The molecule has 1 N–H and O–H groups in total. The van der Waals surface area contributed by atoms with Gasteiger partial charge in [-0.3, -0.25) is 0 Å². The maximum atomic E-state index is 11.8. The van der Waals surface area contributed by atoms with Crippen molar-refractivity contribution in [3.8, 4) is 5.75 Å². The molecule has 1 unspecified atom stereocenters. The van der Waals surface area contributed by atoms with E-state index in [1.807, 2.05) is 31.2 Å². The number of rotatable bonds is 6. The van der Waals surface area contributed by atoms with Crippen LogP contribution >= 0.6 is 0 Å². The van der Waals surface area contributed by atoms with Gasteiger partial charge in [0.15, 0.2) is 0 Å². The number of hydrogen-bond donors (Lipinski definition) is 1. The maximum Gasteiger partial charge on any atom is 0.329 e. The lowest BCUT2D eigenvalue weighted by Crippen LogP contribution is -2.53. The molecule has 0 aliphatic heterocycles. The van der Waals surface area contributed by atoms with Crippen LogP contribution in [-0.4, -0.2) is 31.8 Å². The van der Waals surface area contributed by atoms with Crippen molar-refractivity contribution in [1.82, 2.24) is 5.32 Å². The van der Waals surface area contributed by atoms with E-state index in [-0.39, 0.29) is 12.6 Å². The Morgan fingerprint density at radius 3 is 2.72 bits per heavy atom. The van der Waals surface area contributed by atoms with E-state index in [9.17, 15) is 4.79 Å². The molecule has 0 aliphatic carbocycles. The monoisotopic (exact) mass is 251 g/mol. The molecular formula is C14H21NO3. The van der Waals surface area contributed by atoms with Gasteiger partial charge in [0.05, 0.1) is 6.61 Å². The quantitative estimate of drug-likeness (QED) is 0.785. The second-order valence-electron chi connectivity index (χ2n) is 4.41. The number of aryl methyl sites for hydroxylation is 1. The van der Waals surface area contributed by atoms with Gasteiger partial charge < -0.3 is 14.8 Å². The van der Waals surface area contributed by atoms with Gasteiger partial charge in [-0.25, -0.2) is 4.79 Å². The predicted molar refractivity (Wildman–Crippen MR) is 70.8 cm³/mol. The van der Waals surface area contributed by atoms with E-state index >= 15 is 0 Å². The number of likely N-dealkylation sites (N-methyl/N-ethyl adjacent to an activating group) is 1. The highest BCUT2D eigenvalue weighted by Gasteiger charge is 2.34. The molecule has 100 valence electrons. The number of ether oxygens (including phenoxy) is 2. The number of nitrogens with one attached hydrogen (secondary N) is 1. The molecule has 1 aromatic carbocycles. The van der Waals surface area contributed by atoms with Crippen LogP contribution in [0.2, 0.25) is 0 Å². The molecule has 0 saturated carbocycles. The van der Waals surface area contributed by atoms with Crippen LogP contribution in [0.1, 0.15) is 19.4 Å². The maximum absolute atomic E-state index is 11.8. The minimum absolute atomic E-state index is 0.228. The van der Waals surface area contributed by atoms with E-state index in [1.54, 1.807) is 20.9 Å². The van der Waals surface area contributed by atoms with E-state index < -0.39 is 5.54 Å². The zero-order valence-electron chi connectivity index (χ0n) is 11.4. The fourth-order valence-electron chi connectivity index (χ4n) is 1.46. The van der Waals surface area contributed by atoms with Crippen LogP contribution in [0.15, 0.2) is 24.3 Å². The number of benzene rings is 1. The van der Waals surface area contributed by atoms with Gasteiger partial charge in [0.2, 0.25) is 0 Å². The Balaban J connectivity index is 2.66. The third-order valence-electron chi connectivity index (χ3n) is 2.79. The van der Waals surface area contributed by atoms with Gasteiger partial charge >= 0.3 is 5.97 Å². The van der Waals surface area contributed by atoms with Gasteiger partial charge in [0, 0.05) is 0 Å². The van der Waals surface area contributed by atoms with Crippen LogP contribution in [-0.2, 0) is 9.53 Å². The normalized spacial score (nSPS) is 13.8. The summed E-state index contributed by atoms with van der Waals surface area (Å²) in [5.74, 6) is 0.445. The molecule has 0 amide bonds. The number of carbonyl (C=O) groups excluding carboxylic acids is 1. The highest BCUT2D eigenvalue weighted by molar-refractivity contribution is 5.80. The fraction of sp³-hybridized carbons (Fsp3) is 0.500. The molecule has 0 saturated heterocycles. The van der Waals surface area contributed by atoms with Gasteiger partial charge in [-0.1, -0.05) is 12.1 Å². The van der Waals surface area contributed by atoms with Crippen molar-refractivity contribution in [2.75, 3.05) is 20.3 Å². The van der Waals surface area contributed by atoms with Gasteiger partial charge in [0.25, 0.3) is 0 Å². The van der Waals surface area contributed by atoms with Gasteiger partial charge in [-0.05, 0) is 45.5 Å². The Morgan fingerprint density at radius 2 is 2.17 bits per heavy atom. The predicted octanol–water partition coefficient (Wildman–Crippen LogP) is 1.92. The van der Waals surface area contributed by atoms with E-state index in [2.05, 4.69) is 5.32 Å². The largest absolute Gasteiger partial charge is 0.491 e. The van der Waals surface area contributed by atoms with E-state index in [1.165, 1.54) is 0 Å². The molecule has 0 aliphatic rings. The molecule has 18 heavy (non-hydrogen) atoms. The lowest BCUT2D eigenvalue weighted by molar-refractivity contribution is -0.151. The minimum atomic E-state index is -0.834. The van der Waals surface area contributed by atoms with Crippen LogP contribution in [0, 0.1) is 6.92 Å². The Hall–Kier alpha value is -1.55. The van der Waals surface area contributed by atoms with Crippen molar-refractivity contribution in [1.29, 1.82) is 0 Å². The second kappa shape index (κ2) is 6.40. The summed E-state index contributed by atoms with van der Waals surface area (Å²) in [6, 6.07) is 7.72. The standard InChI is InChI=1S/C14H21NO3/c1-5-17-13(16)14(3,15-4)10-18-12-8-6-7-11(2)9-12/h6-9,15H,5,10H2,1-4H3. The third-order valence-corrected chi connectivity index (χ3v) is 2.79. The van der Waals surface area contributed by atoms with Crippen LogP contribution in [0.25, 0.3) is 0 Å². The molecule has 0 radical (unpaired) electrons. The average Bonchev–Trinajstić information content (AvgIpc) is 2.36. The van der Waals surface area contributed by atoms with Gasteiger partial charge in [-0.15, -0.1) is 0 Å². The summed E-state index contributed by atoms with van der Waals surface area (Å²) in [6.07, 6.45) is 0. The van der Waals surface area contributed by atoms with Crippen LogP contribution in [0.5, 0.6) is 5.75 Å². The van der Waals surface area contributed by atoms with Crippen molar-refractivity contribution >= 4 is 5.97 Å². The molecule has 1 atom stereocenters. The van der Waals surface area contributed by atoms with Gasteiger partial charge in [-0.2, -0.15) is 0 Å². The number of hydrogen-bond acceptors (Lipinski definition) is 4. The smallest absolute Gasteiger partial charge is 0.329 e. The molecule has 1 rings (SSSR count). The molecule has 0 fully saturated rings. The zero-order valence-corrected chi connectivity index (χ0v) is 11.4. The van der Waals surface area contributed by atoms with E-state index in [4.69, 9.17) is 9.47 Å². The number of carbonyl (C=O) groups is 1. The van der Waals surface area contributed by atoms with E-state index in [0.717, 1.165) is 11.3 Å². The summed E-state index contributed by atoms with van der Waals surface area (Å²) >= 11 is 0. The van der Waals surface area contributed by atoms with Crippen LogP contribution < -0.4 is 10.1 Å². The van der Waals surface area contributed by atoms with Crippen LogP contribution in [0.4, 0.5) is 0 Å². The Morgan fingerprint density at radius 1 is 1.44 bits per heavy atom. The molecule has 0 spiro atoms. The summed E-state index contributed by atoms with van der Waals surface area (Å²) in [5, 5.41) is 2.95. The first-order chi connectivity index (χ1) is 8.51. The Bertz CT molecular complexity index is 406. The van der Waals surface area contributed by atoms with Crippen molar-refractivity contribution in [2.24, 2.45) is 0 Å². The molecule has 0 heterocycles. The molecule has 1 aromatic rings. The second-order valence-corrected chi connectivity index (χ2v) is 4.41. The van der Waals surface area contributed by atoms with Crippen molar-refractivity contribution in [3.05, 3.63) is 29.8 Å². The first-order valence-corrected chi connectivity index (χ1v) is 6.07. The summed E-state index contributed by atoms with van der Waals surface area (Å²) < 4.78 is 10.7. The molecule has 0 aromatic heterocycles. The minimum Gasteiger partial charge on any atom is -0.491 e. The Labute approximate surface area is 108 Å². The van der Waals surface area contributed by atoms with Crippen LogP contribution in [0.3, 0.4) is 0 Å². The van der Waals surface area contributed by atoms with Gasteiger partial charge in [0.1, 0.15) is 17.9 Å². The topological polar surface area (TPSA) is 47.6 Å². The Kier molecular flexibility index (Phi) is 5.16. The summed E-state index contributed by atoms with van der Waals surface area (Å²) in [6.45, 7) is 6.14.